The van der Waals surface area contributed by atoms with Crippen LogP contribution < -0.4 is 4.74 Å². The summed E-state index contributed by atoms with van der Waals surface area (Å²) in [5.74, 6) is -2.46. The number of ether oxygens (including phenoxy) is 2. The van der Waals surface area contributed by atoms with Crippen molar-refractivity contribution in [1.29, 1.82) is 0 Å². The van der Waals surface area contributed by atoms with E-state index < -0.39 is 28.3 Å². The number of hydrogen-bond donors (Lipinski definition) is 0. The second-order valence-electron chi connectivity index (χ2n) is 4.10. The number of halogens is 3. The summed E-state index contributed by atoms with van der Waals surface area (Å²) in [6, 6.07) is 1.19. The van der Waals surface area contributed by atoms with Gasteiger partial charge in [-0.1, -0.05) is 15.9 Å². The monoisotopic (exact) mass is 337 g/mol. The predicted octanol–water partition coefficient (Wildman–Crippen LogP) is 2.80. The quantitative estimate of drug-likeness (QED) is 0.481. The van der Waals surface area contributed by atoms with Crippen LogP contribution in [0.4, 0.5) is 14.5 Å². The molecule has 2 rings (SSSR count). The number of methoxy groups -OCH3 is 1. The van der Waals surface area contributed by atoms with Crippen LogP contribution in [0.1, 0.15) is 6.42 Å². The van der Waals surface area contributed by atoms with E-state index in [0.29, 0.717) is 18.6 Å². The maximum Gasteiger partial charge on any atom is 0.307 e. The van der Waals surface area contributed by atoms with Gasteiger partial charge in [0.2, 0.25) is 5.82 Å². The Balaban J connectivity index is 2.18. The molecule has 5 nitrogen and oxygen atoms in total. The molecule has 1 aromatic rings. The lowest BCUT2D eigenvalue weighted by Crippen LogP contribution is -2.52. The van der Waals surface area contributed by atoms with Gasteiger partial charge < -0.3 is 9.47 Å². The molecule has 0 bridgehead atoms. The van der Waals surface area contributed by atoms with Gasteiger partial charge in [0.15, 0.2) is 11.6 Å². The molecular formula is C11H10BrF2NO4. The topological polar surface area (TPSA) is 61.6 Å². The summed E-state index contributed by atoms with van der Waals surface area (Å²) >= 11 is 3.34. The van der Waals surface area contributed by atoms with Crippen molar-refractivity contribution < 1.29 is 23.2 Å². The normalized spacial score (nSPS) is 25.8. The summed E-state index contributed by atoms with van der Waals surface area (Å²) in [6.07, 6.45) is -0.0984. The SMILES string of the molecule is COC1C(Br)CC1Oc1cc(F)c([N+](=O)[O-])cc1F. The molecule has 0 aliphatic heterocycles. The van der Waals surface area contributed by atoms with Crippen LogP contribution in [0.3, 0.4) is 0 Å². The molecule has 3 unspecified atom stereocenters. The fourth-order valence-corrected chi connectivity index (χ4v) is 2.78. The summed E-state index contributed by atoms with van der Waals surface area (Å²) < 4.78 is 37.4. The molecule has 1 aliphatic carbocycles. The molecule has 0 heterocycles. The third kappa shape index (κ3) is 2.69. The van der Waals surface area contributed by atoms with Gasteiger partial charge in [0.1, 0.15) is 12.2 Å². The number of nitro groups is 1. The first-order valence-electron chi connectivity index (χ1n) is 5.41. The molecule has 0 N–H and O–H groups in total. The van der Waals surface area contributed by atoms with E-state index >= 15 is 0 Å². The van der Waals surface area contributed by atoms with Crippen LogP contribution in [0, 0.1) is 21.7 Å². The summed E-state index contributed by atoms with van der Waals surface area (Å²) in [4.78, 5) is 9.55. The first kappa shape index (κ1) is 14.1. The van der Waals surface area contributed by atoms with Gasteiger partial charge in [-0.25, -0.2) is 4.39 Å². The van der Waals surface area contributed by atoms with Crippen LogP contribution in [0.15, 0.2) is 12.1 Å². The zero-order valence-corrected chi connectivity index (χ0v) is 11.4. The van der Waals surface area contributed by atoms with Gasteiger partial charge in [-0.05, 0) is 0 Å². The lowest BCUT2D eigenvalue weighted by molar-refractivity contribution is -0.387. The number of benzene rings is 1. The Bertz CT molecular complexity index is 514. The van der Waals surface area contributed by atoms with E-state index in [2.05, 4.69) is 15.9 Å². The van der Waals surface area contributed by atoms with Gasteiger partial charge >= 0.3 is 5.69 Å². The number of nitro benzene ring substituents is 1. The largest absolute Gasteiger partial charge is 0.484 e. The van der Waals surface area contributed by atoms with Gasteiger partial charge in [-0.2, -0.15) is 4.39 Å². The van der Waals surface area contributed by atoms with E-state index in [4.69, 9.17) is 9.47 Å². The maximum atomic E-state index is 13.6. The summed E-state index contributed by atoms with van der Waals surface area (Å²) in [5, 5.41) is 10.4. The lowest BCUT2D eigenvalue weighted by Gasteiger charge is -2.40. The predicted molar refractivity (Wildman–Crippen MR) is 65.6 cm³/mol. The number of nitrogens with zero attached hydrogens (tertiary/aromatic N) is 1. The fraction of sp³-hybridized carbons (Fsp3) is 0.455. The molecule has 1 saturated carbocycles. The van der Waals surface area contributed by atoms with E-state index in [0.717, 1.165) is 0 Å². The van der Waals surface area contributed by atoms with Gasteiger partial charge in [-0.15, -0.1) is 0 Å². The summed E-state index contributed by atoms with van der Waals surface area (Å²) in [6.45, 7) is 0. The standard InChI is InChI=1S/C11H10BrF2NO4/c1-18-11-5(12)2-10(11)19-9-4-6(13)8(15(16)17)3-7(9)14/h3-5,10-11H,2H2,1H3. The molecular weight excluding hydrogens is 328 g/mol. The van der Waals surface area contributed by atoms with Crippen LogP contribution in [-0.4, -0.2) is 29.1 Å². The average molecular weight is 338 g/mol. The molecule has 0 spiro atoms. The smallest absolute Gasteiger partial charge is 0.307 e. The molecule has 3 atom stereocenters. The van der Waals surface area contributed by atoms with Crippen molar-refractivity contribution in [1.82, 2.24) is 0 Å². The van der Waals surface area contributed by atoms with E-state index in [1.165, 1.54) is 7.11 Å². The van der Waals surface area contributed by atoms with Crippen molar-refractivity contribution >= 4 is 21.6 Å². The highest BCUT2D eigenvalue weighted by atomic mass is 79.9. The molecule has 0 saturated heterocycles. The van der Waals surface area contributed by atoms with Gasteiger partial charge in [-0.3, -0.25) is 10.1 Å². The van der Waals surface area contributed by atoms with Crippen LogP contribution in [0.2, 0.25) is 0 Å². The third-order valence-corrected chi connectivity index (χ3v) is 3.82. The van der Waals surface area contributed by atoms with Crippen molar-refractivity contribution in [3.63, 3.8) is 0 Å². The Morgan fingerprint density at radius 2 is 2.11 bits per heavy atom. The van der Waals surface area contributed by atoms with Crippen molar-refractivity contribution in [3.8, 4) is 5.75 Å². The van der Waals surface area contributed by atoms with Crippen LogP contribution in [0.5, 0.6) is 5.75 Å². The Hall–Kier alpha value is -1.28. The van der Waals surface area contributed by atoms with E-state index in [9.17, 15) is 18.9 Å². The van der Waals surface area contributed by atoms with Crippen molar-refractivity contribution in [2.45, 2.75) is 23.5 Å². The number of alkyl halides is 1. The fourth-order valence-electron chi connectivity index (χ4n) is 1.85. The molecule has 1 fully saturated rings. The molecule has 104 valence electrons. The van der Waals surface area contributed by atoms with Crippen molar-refractivity contribution in [2.75, 3.05) is 7.11 Å². The molecule has 8 heteroatoms. The molecule has 19 heavy (non-hydrogen) atoms. The van der Waals surface area contributed by atoms with Gasteiger partial charge in [0.25, 0.3) is 0 Å². The Morgan fingerprint density at radius 1 is 1.42 bits per heavy atom. The van der Waals surface area contributed by atoms with Crippen molar-refractivity contribution in [3.05, 3.63) is 33.9 Å². The zero-order chi connectivity index (χ0) is 14.2. The van der Waals surface area contributed by atoms with Crippen LogP contribution in [-0.2, 0) is 4.74 Å². The molecule has 1 aromatic carbocycles. The molecule has 0 amide bonds. The average Bonchev–Trinajstić information content (AvgIpc) is 2.32. The Kier molecular flexibility index (Phi) is 4.00. The number of hydrogen-bond acceptors (Lipinski definition) is 4. The second kappa shape index (κ2) is 5.38. The van der Waals surface area contributed by atoms with Gasteiger partial charge in [0, 0.05) is 24.4 Å². The van der Waals surface area contributed by atoms with Gasteiger partial charge in [0.05, 0.1) is 11.0 Å². The van der Waals surface area contributed by atoms with Crippen molar-refractivity contribution in [2.24, 2.45) is 0 Å². The number of rotatable bonds is 4. The first-order valence-corrected chi connectivity index (χ1v) is 6.32. The molecule has 1 aliphatic rings. The Labute approximate surface area is 115 Å². The molecule has 0 aromatic heterocycles. The van der Waals surface area contributed by atoms with Crippen LogP contribution in [0.25, 0.3) is 0 Å². The highest BCUT2D eigenvalue weighted by Gasteiger charge is 2.42. The van der Waals surface area contributed by atoms with E-state index in [-0.39, 0.29) is 16.7 Å². The minimum Gasteiger partial charge on any atom is -0.484 e. The first-order chi connectivity index (χ1) is 8.93. The zero-order valence-electron chi connectivity index (χ0n) is 9.81. The Morgan fingerprint density at radius 3 is 2.63 bits per heavy atom. The summed E-state index contributed by atoms with van der Waals surface area (Å²) in [5.41, 5.74) is -0.917. The van der Waals surface area contributed by atoms with E-state index in [1.807, 2.05) is 0 Å². The molecule has 0 radical (unpaired) electrons. The minimum atomic E-state index is -1.13. The second-order valence-corrected chi connectivity index (χ2v) is 5.28. The summed E-state index contributed by atoms with van der Waals surface area (Å²) in [7, 11) is 1.49. The van der Waals surface area contributed by atoms with E-state index in [1.54, 1.807) is 0 Å². The third-order valence-electron chi connectivity index (χ3n) is 2.93. The highest BCUT2D eigenvalue weighted by Crippen LogP contribution is 2.35. The minimum absolute atomic E-state index is 0.0912. The highest BCUT2D eigenvalue weighted by molar-refractivity contribution is 9.09. The van der Waals surface area contributed by atoms with Crippen LogP contribution >= 0.6 is 15.9 Å². The maximum absolute atomic E-state index is 13.6. The lowest BCUT2D eigenvalue weighted by atomic mass is 9.91.